The number of hydrogen-bond acceptors (Lipinski definition) is 4. The van der Waals surface area contributed by atoms with Gasteiger partial charge in [0.1, 0.15) is 0 Å². The summed E-state index contributed by atoms with van der Waals surface area (Å²) in [4.78, 5) is 11.3. The first kappa shape index (κ1) is 14.7. The Bertz CT molecular complexity index is 427. The van der Waals surface area contributed by atoms with Gasteiger partial charge in [-0.05, 0) is 51.0 Å². The van der Waals surface area contributed by atoms with Gasteiger partial charge in [0, 0.05) is 24.0 Å². The molecule has 0 saturated heterocycles. The minimum absolute atomic E-state index is 0.369. The number of nitrogens with one attached hydrogen (secondary N) is 2. The van der Waals surface area contributed by atoms with Crippen LogP contribution in [0.1, 0.15) is 26.7 Å². The lowest BCUT2D eigenvalue weighted by Gasteiger charge is -2.36. The maximum Gasteiger partial charge on any atom is 0.411 e. The molecule has 5 nitrogen and oxygen atoms in total. The Morgan fingerprint density at radius 3 is 2.40 bits per heavy atom. The molecule has 1 aromatic carbocycles. The summed E-state index contributed by atoms with van der Waals surface area (Å²) in [6.45, 7) is 4.95. The van der Waals surface area contributed by atoms with Crippen LogP contribution in [0.3, 0.4) is 0 Å². The van der Waals surface area contributed by atoms with Crippen LogP contribution in [0, 0.1) is 0 Å². The second-order valence-electron chi connectivity index (χ2n) is 4.81. The molecule has 1 amide bonds. The number of ether oxygens (including phenoxy) is 2. The Balaban J connectivity index is 1.76. The SMILES string of the molecule is CCOC(=O)Nc1ccc(NC2CC(OCC)C2)cc1. The number of benzene rings is 1. The Hall–Kier alpha value is -1.75. The molecule has 20 heavy (non-hydrogen) atoms. The van der Waals surface area contributed by atoms with Crippen LogP contribution in [0.2, 0.25) is 0 Å². The van der Waals surface area contributed by atoms with Crippen LogP contribution in [0.15, 0.2) is 24.3 Å². The molecule has 0 unspecified atom stereocenters. The van der Waals surface area contributed by atoms with Crippen molar-refractivity contribution >= 4 is 17.5 Å². The van der Waals surface area contributed by atoms with E-state index in [4.69, 9.17) is 9.47 Å². The highest BCUT2D eigenvalue weighted by atomic mass is 16.5. The van der Waals surface area contributed by atoms with Gasteiger partial charge in [0.2, 0.25) is 0 Å². The minimum atomic E-state index is -0.424. The fraction of sp³-hybridized carbons (Fsp3) is 0.533. The monoisotopic (exact) mass is 278 g/mol. The van der Waals surface area contributed by atoms with Crippen LogP contribution < -0.4 is 10.6 Å². The Morgan fingerprint density at radius 2 is 1.80 bits per heavy atom. The molecule has 1 saturated carbocycles. The fourth-order valence-electron chi connectivity index (χ4n) is 2.23. The van der Waals surface area contributed by atoms with E-state index in [0.717, 1.165) is 30.8 Å². The van der Waals surface area contributed by atoms with Crippen molar-refractivity contribution < 1.29 is 14.3 Å². The van der Waals surface area contributed by atoms with Gasteiger partial charge in [-0.2, -0.15) is 0 Å². The second kappa shape index (κ2) is 7.14. The molecule has 2 N–H and O–H groups in total. The molecular weight excluding hydrogens is 256 g/mol. The second-order valence-corrected chi connectivity index (χ2v) is 4.81. The molecule has 1 aliphatic rings. The summed E-state index contributed by atoms with van der Waals surface area (Å²) < 4.78 is 10.4. The highest BCUT2D eigenvalue weighted by Gasteiger charge is 2.29. The lowest BCUT2D eigenvalue weighted by atomic mass is 9.89. The quantitative estimate of drug-likeness (QED) is 0.838. The predicted octanol–water partition coefficient (Wildman–Crippen LogP) is 3.23. The maximum absolute atomic E-state index is 11.3. The summed E-state index contributed by atoms with van der Waals surface area (Å²) in [5, 5.41) is 6.11. The molecule has 1 aliphatic carbocycles. The van der Waals surface area contributed by atoms with Gasteiger partial charge in [-0.25, -0.2) is 4.79 Å². The third-order valence-corrected chi connectivity index (χ3v) is 3.27. The summed E-state index contributed by atoms with van der Waals surface area (Å²) in [6, 6.07) is 8.11. The lowest BCUT2D eigenvalue weighted by Crippen LogP contribution is -2.40. The highest BCUT2D eigenvalue weighted by Crippen LogP contribution is 2.27. The van der Waals surface area contributed by atoms with Gasteiger partial charge in [-0.1, -0.05) is 0 Å². The summed E-state index contributed by atoms with van der Waals surface area (Å²) in [7, 11) is 0. The molecule has 110 valence electrons. The van der Waals surface area contributed by atoms with E-state index in [1.165, 1.54) is 0 Å². The van der Waals surface area contributed by atoms with Crippen molar-refractivity contribution in [3.8, 4) is 0 Å². The number of amides is 1. The third-order valence-electron chi connectivity index (χ3n) is 3.27. The molecule has 0 aromatic heterocycles. The van der Waals surface area contributed by atoms with Crippen LogP contribution >= 0.6 is 0 Å². The van der Waals surface area contributed by atoms with Gasteiger partial charge in [-0.15, -0.1) is 0 Å². The third kappa shape index (κ3) is 4.13. The van der Waals surface area contributed by atoms with Gasteiger partial charge in [0.15, 0.2) is 0 Å². The molecule has 0 aliphatic heterocycles. The lowest BCUT2D eigenvalue weighted by molar-refractivity contribution is 0.00299. The standard InChI is InChI=1S/C15H22N2O3/c1-3-19-14-9-13(10-14)16-11-5-7-12(8-6-11)17-15(18)20-4-2/h5-8,13-14,16H,3-4,9-10H2,1-2H3,(H,17,18). The molecule has 0 bridgehead atoms. The van der Waals surface area contributed by atoms with Crippen molar-refractivity contribution in [3.05, 3.63) is 24.3 Å². The van der Waals surface area contributed by atoms with E-state index in [0.29, 0.717) is 18.8 Å². The van der Waals surface area contributed by atoms with E-state index in [-0.39, 0.29) is 0 Å². The van der Waals surface area contributed by atoms with Crippen molar-refractivity contribution in [1.29, 1.82) is 0 Å². The Morgan fingerprint density at radius 1 is 1.15 bits per heavy atom. The molecule has 1 aromatic rings. The van der Waals surface area contributed by atoms with Crippen molar-refractivity contribution in [2.24, 2.45) is 0 Å². The number of carbonyl (C=O) groups is 1. The average Bonchev–Trinajstić information content (AvgIpc) is 2.39. The van der Waals surface area contributed by atoms with Crippen LogP contribution in [-0.4, -0.2) is 31.5 Å². The molecule has 0 atom stereocenters. The Kier molecular flexibility index (Phi) is 5.24. The first-order valence-electron chi connectivity index (χ1n) is 7.13. The van der Waals surface area contributed by atoms with Crippen molar-refractivity contribution in [2.45, 2.75) is 38.8 Å². The predicted molar refractivity (Wildman–Crippen MR) is 79.1 cm³/mol. The van der Waals surface area contributed by atoms with Crippen molar-refractivity contribution in [3.63, 3.8) is 0 Å². The summed E-state index contributed by atoms with van der Waals surface area (Å²) in [5.41, 5.74) is 1.79. The summed E-state index contributed by atoms with van der Waals surface area (Å²) in [6.07, 6.45) is 2.09. The van der Waals surface area contributed by atoms with E-state index in [9.17, 15) is 4.79 Å². The van der Waals surface area contributed by atoms with E-state index >= 15 is 0 Å². The molecule has 0 heterocycles. The minimum Gasteiger partial charge on any atom is -0.450 e. The number of rotatable bonds is 6. The normalized spacial score (nSPS) is 20.9. The van der Waals surface area contributed by atoms with Crippen molar-refractivity contribution in [1.82, 2.24) is 0 Å². The molecule has 5 heteroatoms. The van der Waals surface area contributed by atoms with Crippen LogP contribution in [0.5, 0.6) is 0 Å². The van der Waals surface area contributed by atoms with Gasteiger partial charge >= 0.3 is 6.09 Å². The number of carbonyl (C=O) groups excluding carboxylic acids is 1. The first-order chi connectivity index (χ1) is 9.71. The van der Waals surface area contributed by atoms with Gasteiger partial charge < -0.3 is 14.8 Å². The highest BCUT2D eigenvalue weighted by molar-refractivity contribution is 5.84. The van der Waals surface area contributed by atoms with Crippen LogP contribution in [0.25, 0.3) is 0 Å². The van der Waals surface area contributed by atoms with Crippen LogP contribution in [0.4, 0.5) is 16.2 Å². The molecule has 0 spiro atoms. The first-order valence-corrected chi connectivity index (χ1v) is 7.13. The zero-order chi connectivity index (χ0) is 14.4. The van der Waals surface area contributed by atoms with E-state index < -0.39 is 6.09 Å². The fourth-order valence-corrected chi connectivity index (χ4v) is 2.23. The topological polar surface area (TPSA) is 59.6 Å². The van der Waals surface area contributed by atoms with E-state index in [1.54, 1.807) is 6.92 Å². The average molecular weight is 278 g/mol. The van der Waals surface area contributed by atoms with Crippen molar-refractivity contribution in [2.75, 3.05) is 23.8 Å². The maximum atomic E-state index is 11.3. The smallest absolute Gasteiger partial charge is 0.411 e. The summed E-state index contributed by atoms with van der Waals surface area (Å²) >= 11 is 0. The van der Waals surface area contributed by atoms with Crippen LogP contribution in [-0.2, 0) is 9.47 Å². The molecule has 0 radical (unpaired) electrons. The number of hydrogen-bond donors (Lipinski definition) is 2. The Labute approximate surface area is 119 Å². The summed E-state index contributed by atoms with van der Waals surface area (Å²) in [5.74, 6) is 0. The molecule has 2 rings (SSSR count). The van der Waals surface area contributed by atoms with Gasteiger partial charge in [-0.3, -0.25) is 5.32 Å². The van der Waals surface area contributed by atoms with E-state index in [2.05, 4.69) is 10.6 Å². The van der Waals surface area contributed by atoms with Gasteiger partial charge in [0.25, 0.3) is 0 Å². The molecule has 1 fully saturated rings. The van der Waals surface area contributed by atoms with Gasteiger partial charge in [0.05, 0.1) is 12.7 Å². The molecular formula is C15H22N2O3. The zero-order valence-electron chi connectivity index (χ0n) is 12.0. The van der Waals surface area contributed by atoms with E-state index in [1.807, 2.05) is 31.2 Å². The largest absolute Gasteiger partial charge is 0.450 e. The zero-order valence-corrected chi connectivity index (χ0v) is 12.0. The number of anilines is 2.